The molecule has 0 saturated heterocycles. The molecule has 86 valence electrons. The van der Waals surface area contributed by atoms with Crippen molar-refractivity contribution in [3.8, 4) is 0 Å². The molecular weight excluding hydrogens is 200 g/mol. The van der Waals surface area contributed by atoms with Crippen LogP contribution < -0.4 is 0 Å². The molecule has 2 nitrogen and oxygen atoms in total. The van der Waals surface area contributed by atoms with E-state index in [0.717, 1.165) is 11.1 Å². The lowest BCUT2D eigenvalue weighted by Crippen LogP contribution is -1.83. The number of ether oxygens (including phenoxy) is 2. The third-order valence-electron chi connectivity index (χ3n) is 1.88. The van der Waals surface area contributed by atoms with Gasteiger partial charge in [-0.2, -0.15) is 0 Å². The van der Waals surface area contributed by atoms with Gasteiger partial charge in [-0.15, -0.1) is 0 Å². The van der Waals surface area contributed by atoms with Crippen LogP contribution in [-0.2, 0) is 9.47 Å². The van der Waals surface area contributed by atoms with Crippen molar-refractivity contribution in [2.45, 2.75) is 0 Å². The van der Waals surface area contributed by atoms with Gasteiger partial charge >= 0.3 is 0 Å². The minimum atomic E-state index is 0.569. The van der Waals surface area contributed by atoms with Gasteiger partial charge in [-0.3, -0.25) is 0 Å². The largest absolute Gasteiger partial charge is 0.497 e. The quantitative estimate of drug-likeness (QED) is 0.480. The Hall–Kier alpha value is -1.96. The number of allylic oxidation sites excluding steroid dienone is 6. The number of hydrogen-bond donors (Lipinski definition) is 0. The number of rotatable bonds is 7. The first kappa shape index (κ1) is 14.0. The maximum absolute atomic E-state index is 4.89. The van der Waals surface area contributed by atoms with Crippen LogP contribution in [0.1, 0.15) is 0 Å². The molecule has 0 fully saturated rings. The maximum Gasteiger partial charge on any atom is 0.111 e. The number of hydrogen-bond acceptors (Lipinski definition) is 2. The highest BCUT2D eigenvalue weighted by Crippen LogP contribution is 2.11. The molecule has 0 saturated carbocycles. The van der Waals surface area contributed by atoms with Crippen LogP contribution in [0.4, 0.5) is 0 Å². The summed E-state index contributed by atoms with van der Waals surface area (Å²) in [6, 6.07) is 0. The van der Waals surface area contributed by atoms with Crippen LogP contribution >= 0.6 is 0 Å². The van der Waals surface area contributed by atoms with Crippen molar-refractivity contribution in [3.63, 3.8) is 0 Å². The lowest BCUT2D eigenvalue weighted by molar-refractivity contribution is 0.308. The highest BCUT2D eigenvalue weighted by molar-refractivity contribution is 5.44. The third kappa shape index (κ3) is 5.70. The Kier molecular flexibility index (Phi) is 6.45. The van der Waals surface area contributed by atoms with E-state index < -0.39 is 0 Å². The van der Waals surface area contributed by atoms with E-state index in [0.29, 0.717) is 11.5 Å². The summed E-state index contributed by atoms with van der Waals surface area (Å²) in [7, 11) is 3.12. The van der Waals surface area contributed by atoms with Crippen LogP contribution in [0.2, 0.25) is 0 Å². The topological polar surface area (TPSA) is 18.5 Å². The molecule has 0 aromatic rings. The summed E-state index contributed by atoms with van der Waals surface area (Å²) in [5.74, 6) is 1.14. The zero-order valence-corrected chi connectivity index (χ0v) is 9.95. The van der Waals surface area contributed by atoms with Gasteiger partial charge in [-0.05, 0) is 23.3 Å². The van der Waals surface area contributed by atoms with Crippen LogP contribution in [0.3, 0.4) is 0 Å². The monoisotopic (exact) mass is 218 g/mol. The molecule has 16 heavy (non-hydrogen) atoms. The van der Waals surface area contributed by atoms with E-state index in [4.69, 9.17) is 9.47 Å². The van der Waals surface area contributed by atoms with Crippen molar-refractivity contribution in [3.05, 3.63) is 73.3 Å². The second-order valence-electron chi connectivity index (χ2n) is 3.06. The highest BCUT2D eigenvalue weighted by atomic mass is 16.5. The summed E-state index contributed by atoms with van der Waals surface area (Å²) < 4.78 is 9.78. The summed E-state index contributed by atoms with van der Waals surface area (Å²) in [5, 5.41) is 0. The van der Waals surface area contributed by atoms with Crippen LogP contribution in [0, 0.1) is 0 Å². The predicted octanol–water partition coefficient (Wildman–Crippen LogP) is 3.53. The Bertz CT molecular complexity index is 321. The van der Waals surface area contributed by atoms with Crippen molar-refractivity contribution in [1.82, 2.24) is 0 Å². The normalized spacial score (nSPS) is 10.4. The van der Waals surface area contributed by atoms with E-state index in [1.807, 2.05) is 0 Å². The van der Waals surface area contributed by atoms with Gasteiger partial charge in [0, 0.05) is 0 Å². The van der Waals surface area contributed by atoms with Gasteiger partial charge in [0.2, 0.25) is 0 Å². The fourth-order valence-electron chi connectivity index (χ4n) is 0.737. The zero-order valence-electron chi connectivity index (χ0n) is 9.95. The van der Waals surface area contributed by atoms with E-state index in [1.54, 1.807) is 38.5 Å². The van der Waals surface area contributed by atoms with Crippen LogP contribution in [0.15, 0.2) is 73.3 Å². The smallest absolute Gasteiger partial charge is 0.111 e. The summed E-state index contributed by atoms with van der Waals surface area (Å²) in [6.07, 6.45) is 7.03. The molecule has 0 aromatic heterocycles. The first-order valence-electron chi connectivity index (χ1n) is 4.71. The van der Waals surface area contributed by atoms with Gasteiger partial charge in [0.25, 0.3) is 0 Å². The predicted molar refractivity (Wildman–Crippen MR) is 68.9 cm³/mol. The van der Waals surface area contributed by atoms with Crippen LogP contribution in [-0.4, -0.2) is 14.2 Å². The van der Waals surface area contributed by atoms with Gasteiger partial charge in [0.15, 0.2) is 0 Å². The Labute approximate surface area is 97.6 Å². The van der Waals surface area contributed by atoms with Crippen molar-refractivity contribution in [2.24, 2.45) is 0 Å². The number of methoxy groups -OCH3 is 2. The fraction of sp³-hybridized carbons (Fsp3) is 0.143. The molecule has 0 aliphatic carbocycles. The van der Waals surface area contributed by atoms with Gasteiger partial charge in [-0.25, -0.2) is 0 Å². The van der Waals surface area contributed by atoms with E-state index in [9.17, 15) is 0 Å². The molecule has 0 spiro atoms. The minimum absolute atomic E-state index is 0.569. The molecule has 0 rings (SSSR count). The first-order chi connectivity index (χ1) is 7.51. The standard InChI is InChI=1S/C14H18O2/c1-11(7-9-13(3)15-5)12(2)8-10-14(4)16-6/h7-10H,1-4H2,5-6H3. The third-order valence-corrected chi connectivity index (χ3v) is 1.88. The Balaban J connectivity index is 4.36. The lowest BCUT2D eigenvalue weighted by atomic mass is 10.1. The van der Waals surface area contributed by atoms with Crippen molar-refractivity contribution >= 4 is 0 Å². The van der Waals surface area contributed by atoms with Gasteiger partial charge in [0.05, 0.1) is 14.2 Å². The molecule has 0 amide bonds. The fourth-order valence-corrected chi connectivity index (χ4v) is 0.737. The van der Waals surface area contributed by atoms with Crippen molar-refractivity contribution < 1.29 is 9.47 Å². The van der Waals surface area contributed by atoms with Crippen molar-refractivity contribution in [2.75, 3.05) is 14.2 Å². The second-order valence-corrected chi connectivity index (χ2v) is 3.06. The van der Waals surface area contributed by atoms with E-state index in [-0.39, 0.29) is 0 Å². The van der Waals surface area contributed by atoms with Gasteiger partial charge in [-0.1, -0.05) is 38.5 Å². The second kappa shape index (κ2) is 7.35. The molecule has 2 heteroatoms. The molecule has 0 bridgehead atoms. The van der Waals surface area contributed by atoms with E-state index >= 15 is 0 Å². The molecule has 0 N–H and O–H groups in total. The average Bonchev–Trinajstić information content (AvgIpc) is 2.31. The maximum atomic E-state index is 4.89. The molecular formula is C14H18O2. The Morgan fingerprint density at radius 1 is 0.688 bits per heavy atom. The molecule has 0 aromatic carbocycles. The van der Waals surface area contributed by atoms with Crippen LogP contribution in [0.25, 0.3) is 0 Å². The zero-order chi connectivity index (χ0) is 12.6. The van der Waals surface area contributed by atoms with Crippen molar-refractivity contribution in [1.29, 1.82) is 0 Å². The highest BCUT2D eigenvalue weighted by Gasteiger charge is 1.93. The molecule has 0 unspecified atom stereocenters. The Morgan fingerprint density at radius 2 is 1.00 bits per heavy atom. The molecule has 0 radical (unpaired) electrons. The lowest BCUT2D eigenvalue weighted by Gasteiger charge is -2.01. The summed E-state index contributed by atoms with van der Waals surface area (Å²) in [4.78, 5) is 0. The van der Waals surface area contributed by atoms with E-state index in [2.05, 4.69) is 26.3 Å². The molecule has 0 heterocycles. The summed E-state index contributed by atoms with van der Waals surface area (Å²) in [6.45, 7) is 15.0. The SMILES string of the molecule is C=C(C=CC(=C)C(=C)C=CC(=C)OC)OC. The van der Waals surface area contributed by atoms with Crippen LogP contribution in [0.5, 0.6) is 0 Å². The average molecular weight is 218 g/mol. The summed E-state index contributed by atoms with van der Waals surface area (Å²) in [5.41, 5.74) is 1.55. The first-order valence-corrected chi connectivity index (χ1v) is 4.71. The molecule has 0 atom stereocenters. The molecule has 0 aliphatic heterocycles. The minimum Gasteiger partial charge on any atom is -0.497 e. The van der Waals surface area contributed by atoms with Gasteiger partial charge in [0.1, 0.15) is 11.5 Å². The van der Waals surface area contributed by atoms with E-state index in [1.165, 1.54) is 0 Å². The van der Waals surface area contributed by atoms with Gasteiger partial charge < -0.3 is 9.47 Å². The summed E-state index contributed by atoms with van der Waals surface area (Å²) >= 11 is 0. The Morgan fingerprint density at radius 3 is 1.25 bits per heavy atom. The molecule has 0 aliphatic rings.